The molecule has 2 heterocycles. The molecule has 21 heavy (non-hydrogen) atoms. The molecule has 0 aliphatic heterocycles. The van der Waals surface area contributed by atoms with E-state index in [4.69, 9.17) is 4.74 Å². The lowest BCUT2D eigenvalue weighted by Gasteiger charge is -2.10. The quantitative estimate of drug-likeness (QED) is 0.790. The van der Waals surface area contributed by atoms with Crippen LogP contribution in [0.3, 0.4) is 0 Å². The van der Waals surface area contributed by atoms with Crippen molar-refractivity contribution >= 4 is 5.97 Å². The lowest BCUT2D eigenvalue weighted by Crippen LogP contribution is -2.10. The fourth-order valence-electron chi connectivity index (χ4n) is 2.11. The Bertz CT molecular complexity index is 641. The van der Waals surface area contributed by atoms with Gasteiger partial charge in [-0.25, -0.2) is 4.79 Å². The van der Waals surface area contributed by atoms with Crippen molar-refractivity contribution in [2.45, 2.75) is 33.6 Å². The van der Waals surface area contributed by atoms with Crippen LogP contribution in [-0.2, 0) is 11.2 Å². The van der Waals surface area contributed by atoms with Gasteiger partial charge >= 0.3 is 5.97 Å². The average Bonchev–Trinajstić information content (AvgIpc) is 2.48. The Morgan fingerprint density at radius 2 is 1.95 bits per heavy atom. The van der Waals surface area contributed by atoms with Gasteiger partial charge in [-0.2, -0.15) is 0 Å². The van der Waals surface area contributed by atoms with Gasteiger partial charge in [-0.05, 0) is 32.4 Å². The minimum atomic E-state index is -0.323. The monoisotopic (exact) mass is 285 g/mol. The van der Waals surface area contributed by atoms with Crippen LogP contribution >= 0.6 is 0 Å². The minimum Gasteiger partial charge on any atom is -0.462 e. The van der Waals surface area contributed by atoms with Gasteiger partial charge in [0, 0.05) is 12.4 Å². The molecule has 0 saturated carbocycles. The van der Waals surface area contributed by atoms with E-state index in [1.165, 1.54) is 0 Å². The Hall–Kier alpha value is -2.30. The number of carbonyl (C=O) groups is 1. The van der Waals surface area contributed by atoms with Crippen molar-refractivity contribution in [3.8, 4) is 11.4 Å². The van der Waals surface area contributed by atoms with Crippen LogP contribution < -0.4 is 0 Å². The van der Waals surface area contributed by atoms with E-state index >= 15 is 0 Å². The molecule has 2 aromatic rings. The van der Waals surface area contributed by atoms with Gasteiger partial charge in [0.05, 0.1) is 29.3 Å². The van der Waals surface area contributed by atoms with E-state index in [2.05, 4.69) is 21.9 Å². The molecule has 0 aliphatic rings. The number of carbonyl (C=O) groups excluding carboxylic acids is 1. The Labute approximate surface area is 124 Å². The maximum atomic E-state index is 12.0. The van der Waals surface area contributed by atoms with Gasteiger partial charge in [0.15, 0.2) is 0 Å². The highest BCUT2D eigenvalue weighted by Crippen LogP contribution is 2.20. The van der Waals surface area contributed by atoms with Crippen molar-refractivity contribution in [1.82, 2.24) is 15.0 Å². The van der Waals surface area contributed by atoms with Gasteiger partial charge in [0.1, 0.15) is 5.69 Å². The number of rotatable bonds is 5. The molecule has 2 rings (SSSR count). The maximum Gasteiger partial charge on any atom is 0.339 e. The van der Waals surface area contributed by atoms with Crippen LogP contribution in [0.25, 0.3) is 11.4 Å². The summed E-state index contributed by atoms with van der Waals surface area (Å²) in [6, 6.07) is 3.56. The van der Waals surface area contributed by atoms with Crippen molar-refractivity contribution in [2.75, 3.05) is 6.61 Å². The second-order valence-electron chi connectivity index (χ2n) is 4.65. The van der Waals surface area contributed by atoms with Gasteiger partial charge in [0.25, 0.3) is 0 Å². The Morgan fingerprint density at radius 3 is 2.62 bits per heavy atom. The summed E-state index contributed by atoms with van der Waals surface area (Å²) in [5, 5.41) is 0. The van der Waals surface area contributed by atoms with E-state index < -0.39 is 0 Å². The number of pyridine rings is 1. The third kappa shape index (κ3) is 3.42. The van der Waals surface area contributed by atoms with E-state index in [-0.39, 0.29) is 5.97 Å². The standard InChI is InChI=1S/C16H19N3O2/c1-4-6-13-12(16(20)21-5-2)7-8-14(19-13)15-11(3)17-9-10-18-15/h7-10H,4-6H2,1-3H3. The zero-order chi connectivity index (χ0) is 15.2. The molecule has 0 radical (unpaired) electrons. The van der Waals surface area contributed by atoms with Crippen LogP contribution in [-0.4, -0.2) is 27.5 Å². The molecule has 5 nitrogen and oxygen atoms in total. The molecule has 0 unspecified atom stereocenters. The van der Waals surface area contributed by atoms with Crippen LogP contribution in [0.2, 0.25) is 0 Å². The zero-order valence-corrected chi connectivity index (χ0v) is 12.6. The molecule has 0 fully saturated rings. The van der Waals surface area contributed by atoms with Gasteiger partial charge in [-0.3, -0.25) is 15.0 Å². The second kappa shape index (κ2) is 6.92. The molecule has 2 aromatic heterocycles. The number of esters is 1. The van der Waals surface area contributed by atoms with Crippen molar-refractivity contribution in [3.05, 3.63) is 41.5 Å². The van der Waals surface area contributed by atoms with E-state index in [1.54, 1.807) is 31.5 Å². The molecular weight excluding hydrogens is 266 g/mol. The molecule has 0 atom stereocenters. The van der Waals surface area contributed by atoms with E-state index in [9.17, 15) is 4.79 Å². The van der Waals surface area contributed by atoms with E-state index in [0.717, 1.165) is 35.6 Å². The lowest BCUT2D eigenvalue weighted by molar-refractivity contribution is 0.0524. The number of nitrogens with zero attached hydrogens (tertiary/aromatic N) is 3. The topological polar surface area (TPSA) is 65.0 Å². The predicted octanol–water partition coefficient (Wildman–Crippen LogP) is 2.98. The first kappa shape index (κ1) is 15.1. The maximum absolute atomic E-state index is 12.0. The Morgan fingerprint density at radius 1 is 1.19 bits per heavy atom. The molecule has 0 saturated heterocycles. The average molecular weight is 285 g/mol. The smallest absolute Gasteiger partial charge is 0.339 e. The Kier molecular flexibility index (Phi) is 4.98. The first-order valence-corrected chi connectivity index (χ1v) is 7.12. The molecule has 5 heteroatoms. The summed E-state index contributed by atoms with van der Waals surface area (Å²) < 4.78 is 5.08. The predicted molar refractivity (Wildman–Crippen MR) is 80.0 cm³/mol. The summed E-state index contributed by atoms with van der Waals surface area (Å²) in [7, 11) is 0. The Balaban J connectivity index is 2.45. The number of ether oxygens (including phenoxy) is 1. The zero-order valence-electron chi connectivity index (χ0n) is 12.6. The summed E-state index contributed by atoms with van der Waals surface area (Å²) in [4.78, 5) is 25.1. The third-order valence-corrected chi connectivity index (χ3v) is 3.08. The number of aromatic nitrogens is 3. The second-order valence-corrected chi connectivity index (χ2v) is 4.65. The molecule has 0 bridgehead atoms. The van der Waals surface area contributed by atoms with Crippen LogP contribution in [0.4, 0.5) is 0 Å². The van der Waals surface area contributed by atoms with E-state index in [1.807, 2.05) is 6.92 Å². The normalized spacial score (nSPS) is 10.4. The van der Waals surface area contributed by atoms with Crippen molar-refractivity contribution in [1.29, 1.82) is 0 Å². The molecule has 0 spiro atoms. The fraction of sp³-hybridized carbons (Fsp3) is 0.375. The summed E-state index contributed by atoms with van der Waals surface area (Å²) in [5.74, 6) is -0.323. The summed E-state index contributed by atoms with van der Waals surface area (Å²) in [6.45, 7) is 6.09. The first-order valence-electron chi connectivity index (χ1n) is 7.12. The first-order chi connectivity index (χ1) is 10.2. The molecule has 0 aliphatic carbocycles. The van der Waals surface area contributed by atoms with Crippen LogP contribution in [0.5, 0.6) is 0 Å². The third-order valence-electron chi connectivity index (χ3n) is 3.08. The van der Waals surface area contributed by atoms with Gasteiger partial charge in [0.2, 0.25) is 0 Å². The number of hydrogen-bond acceptors (Lipinski definition) is 5. The summed E-state index contributed by atoms with van der Waals surface area (Å²) in [6.07, 6.45) is 4.92. The lowest BCUT2D eigenvalue weighted by atomic mass is 10.1. The minimum absolute atomic E-state index is 0.323. The van der Waals surface area contributed by atoms with Crippen LogP contribution in [0, 0.1) is 6.92 Å². The molecule has 110 valence electrons. The summed E-state index contributed by atoms with van der Waals surface area (Å²) >= 11 is 0. The van der Waals surface area contributed by atoms with Crippen molar-refractivity contribution < 1.29 is 9.53 Å². The highest BCUT2D eigenvalue weighted by atomic mass is 16.5. The van der Waals surface area contributed by atoms with Crippen molar-refractivity contribution in [2.24, 2.45) is 0 Å². The molecule has 0 amide bonds. The largest absolute Gasteiger partial charge is 0.462 e. The number of aryl methyl sites for hydroxylation is 2. The highest BCUT2D eigenvalue weighted by Gasteiger charge is 2.15. The fourth-order valence-corrected chi connectivity index (χ4v) is 2.11. The molecular formula is C16H19N3O2. The van der Waals surface area contributed by atoms with Crippen molar-refractivity contribution in [3.63, 3.8) is 0 Å². The number of hydrogen-bond donors (Lipinski definition) is 0. The van der Waals surface area contributed by atoms with Gasteiger partial charge in [-0.15, -0.1) is 0 Å². The van der Waals surface area contributed by atoms with E-state index in [0.29, 0.717) is 12.2 Å². The van der Waals surface area contributed by atoms with Gasteiger partial charge in [-0.1, -0.05) is 13.3 Å². The van der Waals surface area contributed by atoms with Crippen LogP contribution in [0.15, 0.2) is 24.5 Å². The summed E-state index contributed by atoms with van der Waals surface area (Å²) in [5.41, 5.74) is 3.57. The highest BCUT2D eigenvalue weighted by molar-refractivity contribution is 5.91. The molecule has 0 N–H and O–H groups in total. The SMILES string of the molecule is CCCc1nc(-c2nccnc2C)ccc1C(=O)OCC. The molecule has 0 aromatic carbocycles. The van der Waals surface area contributed by atoms with Gasteiger partial charge < -0.3 is 4.74 Å². The van der Waals surface area contributed by atoms with Crippen LogP contribution in [0.1, 0.15) is 42.0 Å².